The molecule has 2 heterocycles. The minimum absolute atomic E-state index is 0.0395. The van der Waals surface area contributed by atoms with Gasteiger partial charge in [-0.2, -0.15) is 5.26 Å². The van der Waals surface area contributed by atoms with Gasteiger partial charge in [-0.05, 0) is 60.4 Å². The predicted molar refractivity (Wildman–Crippen MR) is 141 cm³/mol. The van der Waals surface area contributed by atoms with Gasteiger partial charge < -0.3 is 15.7 Å². The molecule has 3 aromatic rings. The van der Waals surface area contributed by atoms with Crippen molar-refractivity contribution in [2.24, 2.45) is 0 Å². The van der Waals surface area contributed by atoms with Crippen LogP contribution in [0.4, 0.5) is 17.3 Å². The van der Waals surface area contributed by atoms with Gasteiger partial charge in [0.25, 0.3) is 0 Å². The monoisotopic (exact) mass is 505 g/mol. The van der Waals surface area contributed by atoms with Crippen molar-refractivity contribution in [1.82, 2.24) is 9.97 Å². The number of aliphatic hydroxyl groups is 1. The molecule has 0 amide bonds. The SMILES string of the molecule is CCCCCc1cc(S(C)(=O)=O)ccc1Nc1nccc(-c2cc(C#N)c3c(c2)[C@@](C)(CO)CN3)n1. The van der Waals surface area contributed by atoms with E-state index >= 15 is 0 Å². The van der Waals surface area contributed by atoms with Crippen LogP contribution in [0.5, 0.6) is 0 Å². The largest absolute Gasteiger partial charge is 0.395 e. The van der Waals surface area contributed by atoms with Gasteiger partial charge >= 0.3 is 0 Å². The molecule has 0 fully saturated rings. The maximum Gasteiger partial charge on any atom is 0.227 e. The highest BCUT2D eigenvalue weighted by Crippen LogP contribution is 2.41. The van der Waals surface area contributed by atoms with Crippen molar-refractivity contribution in [3.05, 3.63) is 59.3 Å². The molecule has 0 radical (unpaired) electrons. The highest BCUT2D eigenvalue weighted by molar-refractivity contribution is 7.90. The van der Waals surface area contributed by atoms with Gasteiger partial charge in [0.15, 0.2) is 9.84 Å². The van der Waals surface area contributed by atoms with Gasteiger partial charge in [0.1, 0.15) is 6.07 Å². The molecular weight excluding hydrogens is 474 g/mol. The quantitative estimate of drug-likeness (QED) is 0.361. The zero-order valence-corrected chi connectivity index (χ0v) is 21.6. The summed E-state index contributed by atoms with van der Waals surface area (Å²) in [5.74, 6) is 0.374. The van der Waals surface area contributed by atoms with Crippen LogP contribution in [0, 0.1) is 11.3 Å². The number of hydrogen-bond acceptors (Lipinski definition) is 8. The number of unbranched alkanes of at least 4 members (excludes halogenated alkanes) is 2. The van der Waals surface area contributed by atoms with Crippen LogP contribution < -0.4 is 10.6 Å². The Balaban J connectivity index is 1.70. The summed E-state index contributed by atoms with van der Waals surface area (Å²) in [5.41, 5.74) is 4.72. The minimum Gasteiger partial charge on any atom is -0.395 e. The van der Waals surface area contributed by atoms with Gasteiger partial charge in [-0.1, -0.05) is 26.7 Å². The Morgan fingerprint density at radius 2 is 2.03 bits per heavy atom. The number of nitriles is 1. The van der Waals surface area contributed by atoms with Gasteiger partial charge in [-0.25, -0.2) is 18.4 Å². The summed E-state index contributed by atoms with van der Waals surface area (Å²) in [5, 5.41) is 26.2. The van der Waals surface area contributed by atoms with E-state index < -0.39 is 15.3 Å². The van der Waals surface area contributed by atoms with E-state index in [-0.39, 0.29) is 11.5 Å². The van der Waals surface area contributed by atoms with E-state index in [1.54, 1.807) is 36.5 Å². The molecule has 8 nitrogen and oxygen atoms in total. The normalized spacial score (nSPS) is 16.8. The number of nitrogens with zero attached hydrogens (tertiary/aromatic N) is 3. The van der Waals surface area contributed by atoms with Crippen LogP contribution in [-0.2, 0) is 21.7 Å². The summed E-state index contributed by atoms with van der Waals surface area (Å²) in [7, 11) is -3.32. The fraction of sp³-hybridized carbons (Fsp3) is 0.370. The Bertz CT molecular complexity index is 1430. The van der Waals surface area contributed by atoms with E-state index in [4.69, 9.17) is 0 Å². The smallest absolute Gasteiger partial charge is 0.227 e. The van der Waals surface area contributed by atoms with Gasteiger partial charge in [0.05, 0.1) is 28.4 Å². The number of aromatic nitrogens is 2. The Hall–Kier alpha value is -3.48. The second kappa shape index (κ2) is 10.2. The second-order valence-electron chi connectivity index (χ2n) is 9.57. The number of nitrogens with one attached hydrogen (secondary N) is 2. The first kappa shape index (κ1) is 25.6. The molecule has 1 atom stereocenters. The van der Waals surface area contributed by atoms with E-state index in [1.807, 2.05) is 13.0 Å². The molecule has 1 aromatic heterocycles. The number of benzene rings is 2. The second-order valence-corrected chi connectivity index (χ2v) is 11.6. The van der Waals surface area contributed by atoms with Crippen molar-refractivity contribution >= 4 is 27.2 Å². The number of aryl methyl sites for hydroxylation is 1. The lowest BCUT2D eigenvalue weighted by Gasteiger charge is -2.21. The summed E-state index contributed by atoms with van der Waals surface area (Å²) in [6.45, 7) is 4.60. The summed E-state index contributed by atoms with van der Waals surface area (Å²) in [6.07, 6.45) is 6.66. The van der Waals surface area contributed by atoms with E-state index in [2.05, 4.69) is 33.6 Å². The van der Waals surface area contributed by atoms with Crippen molar-refractivity contribution in [3.63, 3.8) is 0 Å². The van der Waals surface area contributed by atoms with Crippen LogP contribution in [0.15, 0.2) is 47.5 Å². The third-order valence-corrected chi connectivity index (χ3v) is 7.78. The van der Waals surface area contributed by atoms with Crippen LogP contribution in [-0.4, -0.2) is 42.9 Å². The molecule has 0 aliphatic carbocycles. The fourth-order valence-corrected chi connectivity index (χ4v) is 5.13. The van der Waals surface area contributed by atoms with Crippen LogP contribution in [0.3, 0.4) is 0 Å². The van der Waals surface area contributed by atoms with Gasteiger partial charge in [-0.3, -0.25) is 0 Å². The molecule has 0 spiro atoms. The first-order valence-electron chi connectivity index (χ1n) is 12.1. The molecule has 1 aliphatic heterocycles. The maximum absolute atomic E-state index is 12.1. The lowest BCUT2D eigenvalue weighted by molar-refractivity contribution is 0.219. The molecule has 188 valence electrons. The van der Waals surface area contributed by atoms with Crippen LogP contribution >= 0.6 is 0 Å². The maximum atomic E-state index is 12.1. The average molecular weight is 506 g/mol. The minimum atomic E-state index is -3.32. The van der Waals surface area contributed by atoms with Crippen molar-refractivity contribution in [1.29, 1.82) is 5.26 Å². The van der Waals surface area contributed by atoms with Crippen LogP contribution in [0.1, 0.15) is 49.8 Å². The van der Waals surface area contributed by atoms with Crippen LogP contribution in [0.25, 0.3) is 11.3 Å². The molecule has 36 heavy (non-hydrogen) atoms. The van der Waals surface area contributed by atoms with Crippen molar-refractivity contribution < 1.29 is 13.5 Å². The van der Waals surface area contributed by atoms with Crippen LogP contribution in [0.2, 0.25) is 0 Å². The molecule has 9 heteroatoms. The Morgan fingerprint density at radius 3 is 2.72 bits per heavy atom. The van der Waals surface area contributed by atoms with E-state index in [1.165, 1.54) is 6.26 Å². The first-order valence-corrected chi connectivity index (χ1v) is 13.9. The summed E-state index contributed by atoms with van der Waals surface area (Å²) >= 11 is 0. The molecule has 2 aromatic carbocycles. The third-order valence-electron chi connectivity index (χ3n) is 6.67. The highest BCUT2D eigenvalue weighted by Gasteiger charge is 2.36. The van der Waals surface area contributed by atoms with E-state index in [0.29, 0.717) is 23.8 Å². The van der Waals surface area contributed by atoms with E-state index in [0.717, 1.165) is 53.7 Å². The number of sulfone groups is 1. The summed E-state index contributed by atoms with van der Waals surface area (Å²) in [6, 6.07) is 12.9. The number of anilines is 3. The zero-order chi connectivity index (χ0) is 25.9. The average Bonchev–Trinajstić information content (AvgIpc) is 3.21. The molecular formula is C27H31N5O3S. The predicted octanol–water partition coefficient (Wildman–Crippen LogP) is 4.57. The van der Waals surface area contributed by atoms with E-state index in [9.17, 15) is 18.8 Å². The first-order chi connectivity index (χ1) is 17.2. The number of hydrogen-bond donors (Lipinski definition) is 3. The molecule has 0 bridgehead atoms. The van der Waals surface area contributed by atoms with Crippen molar-refractivity contribution in [3.8, 4) is 17.3 Å². The van der Waals surface area contributed by atoms with Gasteiger partial charge in [-0.15, -0.1) is 0 Å². The molecule has 4 rings (SSSR count). The number of fused-ring (bicyclic) bond motifs is 1. The molecule has 1 aliphatic rings. The summed E-state index contributed by atoms with van der Waals surface area (Å²) in [4.78, 5) is 9.35. The number of rotatable bonds is 9. The number of aliphatic hydroxyl groups excluding tert-OH is 1. The molecule has 0 saturated carbocycles. The van der Waals surface area contributed by atoms with Crippen molar-refractivity contribution in [2.45, 2.75) is 49.8 Å². The Labute approximate surface area is 212 Å². The Morgan fingerprint density at radius 1 is 1.22 bits per heavy atom. The lowest BCUT2D eigenvalue weighted by atomic mass is 9.83. The third kappa shape index (κ3) is 5.20. The fourth-order valence-electron chi connectivity index (χ4n) is 4.46. The standard InChI is InChI=1S/C27H31N5O3S/c1-4-5-6-7-18-13-21(36(3,34)35)8-9-23(18)31-26-29-11-10-24(32-26)19-12-20(15-28)25-22(14-19)27(2,17-33)16-30-25/h8-14,30,33H,4-7,16-17H2,1-3H3,(H,29,31,32)/t27-/m1/s1. The highest BCUT2D eigenvalue weighted by atomic mass is 32.2. The molecule has 0 saturated heterocycles. The van der Waals surface area contributed by atoms with Gasteiger partial charge in [0, 0.05) is 35.7 Å². The summed E-state index contributed by atoms with van der Waals surface area (Å²) < 4.78 is 24.2. The van der Waals surface area contributed by atoms with Gasteiger partial charge in [0.2, 0.25) is 5.95 Å². The topological polar surface area (TPSA) is 128 Å². The zero-order valence-electron chi connectivity index (χ0n) is 20.8. The molecule has 0 unspecified atom stereocenters. The lowest BCUT2D eigenvalue weighted by Crippen LogP contribution is -2.28. The Kier molecular flexibility index (Phi) is 7.29. The van der Waals surface area contributed by atoms with Crippen molar-refractivity contribution in [2.75, 3.05) is 30.0 Å². The molecule has 3 N–H and O–H groups in total.